The quantitative estimate of drug-likeness (QED) is 0.663. The molecule has 2 heterocycles. The Morgan fingerprint density at radius 1 is 1.24 bits per heavy atom. The van der Waals surface area contributed by atoms with Crippen LogP contribution in [0.25, 0.3) is 0 Å². The molecule has 29 heavy (non-hydrogen) atoms. The number of rotatable bonds is 5. The van der Waals surface area contributed by atoms with E-state index in [4.69, 9.17) is 4.74 Å². The SMILES string of the molecule is CC[C@@H]1Oc2ccc(S(=O)(=O)NC(=O)C3CCN(S(C)(=O)=O)CC3)cc2NC1=O. The smallest absolute Gasteiger partial charge is 0.265 e. The standard InChI is InChI=1S/C17H23N3O7S2/c1-3-14-17(22)18-13-10-12(4-5-15(13)27-14)29(25,26)19-16(21)11-6-8-20(9-7-11)28(2,23)24/h4-5,10-11,14H,3,6-9H2,1-2H3,(H,18,22)(H,19,21)/t14-/m0/s1. The van der Waals surface area contributed by atoms with Crippen molar-refractivity contribution in [2.24, 2.45) is 5.92 Å². The maximum absolute atomic E-state index is 12.6. The number of nitrogens with zero attached hydrogens (tertiary/aromatic N) is 1. The zero-order chi connectivity index (χ0) is 21.4. The van der Waals surface area contributed by atoms with Crippen molar-refractivity contribution in [2.75, 3.05) is 24.7 Å². The minimum absolute atomic E-state index is 0.164. The summed E-state index contributed by atoms with van der Waals surface area (Å²) in [6.07, 6.45) is 1.41. The topological polar surface area (TPSA) is 139 Å². The first-order valence-corrected chi connectivity index (χ1v) is 12.5. The van der Waals surface area contributed by atoms with Gasteiger partial charge in [0.2, 0.25) is 15.9 Å². The molecule has 0 bridgehead atoms. The van der Waals surface area contributed by atoms with Crippen LogP contribution < -0.4 is 14.8 Å². The molecule has 2 amide bonds. The van der Waals surface area contributed by atoms with Gasteiger partial charge in [0.05, 0.1) is 16.8 Å². The first-order valence-electron chi connectivity index (χ1n) is 9.14. The Kier molecular flexibility index (Phi) is 5.88. The number of ether oxygens (including phenoxy) is 1. The normalized spacial score (nSPS) is 21.0. The highest BCUT2D eigenvalue weighted by molar-refractivity contribution is 7.90. The molecule has 1 aromatic carbocycles. The first-order chi connectivity index (χ1) is 13.5. The molecule has 0 saturated carbocycles. The summed E-state index contributed by atoms with van der Waals surface area (Å²) in [5, 5.41) is 2.61. The number of carbonyl (C=O) groups is 2. The molecule has 1 atom stereocenters. The lowest BCUT2D eigenvalue weighted by atomic mass is 9.98. The number of piperidine rings is 1. The fourth-order valence-corrected chi connectivity index (χ4v) is 5.23. The first kappa shape index (κ1) is 21.5. The Morgan fingerprint density at radius 3 is 2.48 bits per heavy atom. The number of benzene rings is 1. The van der Waals surface area contributed by atoms with Gasteiger partial charge in [-0.15, -0.1) is 0 Å². The van der Waals surface area contributed by atoms with Gasteiger partial charge in [0.1, 0.15) is 5.75 Å². The van der Waals surface area contributed by atoms with Crippen LogP contribution in [-0.4, -0.2) is 58.4 Å². The molecule has 0 spiro atoms. The second kappa shape index (κ2) is 7.92. The van der Waals surface area contributed by atoms with Crippen molar-refractivity contribution in [1.82, 2.24) is 9.03 Å². The number of nitrogens with one attached hydrogen (secondary N) is 2. The molecule has 0 radical (unpaired) electrons. The molecule has 0 aliphatic carbocycles. The minimum atomic E-state index is -4.16. The Labute approximate surface area is 169 Å². The van der Waals surface area contributed by atoms with Crippen LogP contribution in [0.5, 0.6) is 5.75 Å². The lowest BCUT2D eigenvalue weighted by Gasteiger charge is -2.29. The van der Waals surface area contributed by atoms with Gasteiger partial charge in [-0.25, -0.2) is 25.9 Å². The van der Waals surface area contributed by atoms with E-state index in [-0.39, 0.29) is 42.4 Å². The molecule has 1 fully saturated rings. The number of fused-ring (bicyclic) bond motifs is 1. The van der Waals surface area contributed by atoms with Crippen LogP contribution in [-0.2, 0) is 29.6 Å². The highest BCUT2D eigenvalue weighted by Crippen LogP contribution is 2.32. The van der Waals surface area contributed by atoms with Gasteiger partial charge in [0, 0.05) is 19.0 Å². The van der Waals surface area contributed by atoms with Crippen molar-refractivity contribution in [3.8, 4) is 5.75 Å². The summed E-state index contributed by atoms with van der Waals surface area (Å²) < 4.78 is 57.1. The number of hydrogen-bond donors (Lipinski definition) is 2. The van der Waals surface area contributed by atoms with Crippen molar-refractivity contribution in [1.29, 1.82) is 0 Å². The molecular weight excluding hydrogens is 422 g/mol. The van der Waals surface area contributed by atoms with Gasteiger partial charge in [0.15, 0.2) is 6.10 Å². The maximum Gasteiger partial charge on any atom is 0.265 e. The fraction of sp³-hybridized carbons (Fsp3) is 0.529. The van der Waals surface area contributed by atoms with Gasteiger partial charge in [-0.3, -0.25) is 9.59 Å². The summed E-state index contributed by atoms with van der Waals surface area (Å²) in [7, 11) is -7.49. The molecule has 0 unspecified atom stereocenters. The summed E-state index contributed by atoms with van der Waals surface area (Å²) in [5.41, 5.74) is 0.219. The summed E-state index contributed by atoms with van der Waals surface area (Å²) in [6.45, 7) is 2.12. The van der Waals surface area contributed by atoms with E-state index >= 15 is 0 Å². The fourth-order valence-electron chi connectivity index (χ4n) is 3.29. The average molecular weight is 446 g/mol. The highest BCUT2D eigenvalue weighted by atomic mass is 32.2. The third-order valence-corrected chi connectivity index (χ3v) is 7.63. The van der Waals surface area contributed by atoms with E-state index in [9.17, 15) is 26.4 Å². The molecule has 3 rings (SSSR count). The summed E-state index contributed by atoms with van der Waals surface area (Å²) in [4.78, 5) is 24.2. The lowest BCUT2D eigenvalue weighted by Crippen LogP contribution is -2.44. The highest BCUT2D eigenvalue weighted by Gasteiger charge is 2.32. The van der Waals surface area contributed by atoms with Gasteiger partial charge < -0.3 is 10.1 Å². The molecular formula is C17H23N3O7S2. The van der Waals surface area contributed by atoms with Crippen molar-refractivity contribution in [3.63, 3.8) is 0 Å². The summed E-state index contributed by atoms with van der Waals surface area (Å²) in [5.74, 6) is -1.29. The van der Waals surface area contributed by atoms with E-state index in [0.29, 0.717) is 12.2 Å². The third-order valence-electron chi connectivity index (χ3n) is 4.98. The Balaban J connectivity index is 1.70. The lowest BCUT2D eigenvalue weighted by molar-refractivity contribution is -0.124. The summed E-state index contributed by atoms with van der Waals surface area (Å²) in [6, 6.07) is 3.97. The van der Waals surface area contributed by atoms with E-state index in [1.54, 1.807) is 6.92 Å². The average Bonchev–Trinajstić information content (AvgIpc) is 2.66. The molecule has 2 aliphatic rings. The van der Waals surface area contributed by atoms with Gasteiger partial charge in [-0.1, -0.05) is 6.92 Å². The van der Waals surface area contributed by atoms with Gasteiger partial charge in [0.25, 0.3) is 15.9 Å². The Hall–Kier alpha value is -2.18. The third kappa shape index (κ3) is 4.70. The van der Waals surface area contributed by atoms with Crippen LogP contribution >= 0.6 is 0 Å². The van der Waals surface area contributed by atoms with Crippen molar-refractivity contribution in [3.05, 3.63) is 18.2 Å². The van der Waals surface area contributed by atoms with Crippen LogP contribution in [0.4, 0.5) is 5.69 Å². The van der Waals surface area contributed by atoms with Gasteiger partial charge in [-0.05, 0) is 37.5 Å². The summed E-state index contributed by atoms with van der Waals surface area (Å²) >= 11 is 0. The second-order valence-electron chi connectivity index (χ2n) is 7.07. The second-order valence-corrected chi connectivity index (χ2v) is 10.7. The maximum atomic E-state index is 12.6. The number of sulfonamides is 2. The Morgan fingerprint density at radius 2 is 1.90 bits per heavy atom. The molecule has 160 valence electrons. The molecule has 0 aromatic heterocycles. The van der Waals surface area contributed by atoms with Crippen molar-refractivity contribution < 1.29 is 31.2 Å². The van der Waals surface area contributed by atoms with Crippen LogP contribution in [0.3, 0.4) is 0 Å². The number of carbonyl (C=O) groups excluding carboxylic acids is 2. The van der Waals surface area contributed by atoms with E-state index in [2.05, 4.69) is 5.32 Å². The number of amides is 2. The van der Waals surface area contributed by atoms with Crippen LogP contribution in [0.15, 0.2) is 23.1 Å². The van der Waals surface area contributed by atoms with Crippen LogP contribution in [0.1, 0.15) is 26.2 Å². The van der Waals surface area contributed by atoms with E-state index in [1.165, 1.54) is 22.5 Å². The van der Waals surface area contributed by atoms with E-state index in [1.807, 2.05) is 4.72 Å². The van der Waals surface area contributed by atoms with Crippen molar-refractivity contribution >= 4 is 37.5 Å². The van der Waals surface area contributed by atoms with E-state index < -0.39 is 38.0 Å². The largest absolute Gasteiger partial charge is 0.478 e. The number of hydrogen-bond acceptors (Lipinski definition) is 7. The molecule has 2 N–H and O–H groups in total. The van der Waals surface area contributed by atoms with Crippen LogP contribution in [0.2, 0.25) is 0 Å². The van der Waals surface area contributed by atoms with Crippen molar-refractivity contribution in [2.45, 2.75) is 37.2 Å². The number of anilines is 1. The zero-order valence-electron chi connectivity index (χ0n) is 16.0. The molecule has 1 saturated heterocycles. The van der Waals surface area contributed by atoms with Gasteiger partial charge in [-0.2, -0.15) is 0 Å². The van der Waals surface area contributed by atoms with Gasteiger partial charge >= 0.3 is 0 Å². The zero-order valence-corrected chi connectivity index (χ0v) is 17.7. The minimum Gasteiger partial charge on any atom is -0.478 e. The molecule has 1 aromatic rings. The molecule has 2 aliphatic heterocycles. The molecule has 10 nitrogen and oxygen atoms in total. The molecule has 12 heteroatoms. The Bertz CT molecular complexity index is 1030. The van der Waals surface area contributed by atoms with Crippen LogP contribution in [0, 0.1) is 5.92 Å². The monoisotopic (exact) mass is 445 g/mol. The van der Waals surface area contributed by atoms with E-state index in [0.717, 1.165) is 6.26 Å². The predicted octanol–water partition coefficient (Wildman–Crippen LogP) is 0.273. The predicted molar refractivity (Wildman–Crippen MR) is 104 cm³/mol.